The van der Waals surface area contributed by atoms with Gasteiger partial charge in [0.05, 0.1) is 13.2 Å². The largest absolute Gasteiger partial charge is 0.454 e. The van der Waals surface area contributed by atoms with Gasteiger partial charge in [-0.15, -0.1) is 10.1 Å². The van der Waals surface area contributed by atoms with Crippen LogP contribution in [-0.4, -0.2) is 61.3 Å². The van der Waals surface area contributed by atoms with Gasteiger partial charge in [-0.2, -0.15) is 0 Å². The Kier molecular flexibility index (Phi) is 4.35. The lowest BCUT2D eigenvalue weighted by Crippen LogP contribution is -2.36. The van der Waals surface area contributed by atoms with Crippen LogP contribution in [0.1, 0.15) is 6.92 Å². The van der Waals surface area contributed by atoms with Crippen molar-refractivity contribution in [2.75, 3.05) is 19.8 Å². The molecule has 0 spiro atoms. The lowest BCUT2D eigenvalue weighted by molar-refractivity contribution is -0.769. The highest BCUT2D eigenvalue weighted by molar-refractivity contribution is 5.75. The number of fused-ring (bicyclic) bond motifs is 1. The van der Waals surface area contributed by atoms with Gasteiger partial charge in [0.2, 0.25) is 0 Å². The van der Waals surface area contributed by atoms with E-state index in [0.717, 1.165) is 0 Å². The Morgan fingerprint density at radius 1 is 1.25 bits per heavy atom. The van der Waals surface area contributed by atoms with Gasteiger partial charge in [-0.25, -0.2) is 4.79 Å². The molecular weight excluding hydrogens is 278 g/mol. The molecule has 2 aliphatic rings. The highest BCUT2D eigenvalue weighted by Crippen LogP contribution is 2.30. The second-order valence-corrected chi connectivity index (χ2v) is 4.27. The minimum atomic E-state index is -0.917. The molecule has 10 nitrogen and oxygen atoms in total. The summed E-state index contributed by atoms with van der Waals surface area (Å²) in [6.07, 6.45) is -2.83. The summed E-state index contributed by atoms with van der Waals surface area (Å²) in [6.45, 7) is 0.687. The molecule has 2 heterocycles. The Morgan fingerprint density at radius 2 is 1.85 bits per heavy atom. The topological polar surface area (TPSA) is 123 Å². The van der Waals surface area contributed by atoms with Crippen LogP contribution in [0.15, 0.2) is 0 Å². The summed E-state index contributed by atoms with van der Waals surface area (Å²) >= 11 is 0. The summed E-state index contributed by atoms with van der Waals surface area (Å²) in [5, 5.41) is 9.37. The van der Waals surface area contributed by atoms with Gasteiger partial charge in [-0.05, 0) is 0 Å². The summed E-state index contributed by atoms with van der Waals surface area (Å²) in [7, 11) is 0. The van der Waals surface area contributed by atoms with Crippen molar-refractivity contribution < 1.29 is 38.5 Å². The number of ether oxygens (including phenoxy) is 4. The average molecular weight is 291 g/mol. The fourth-order valence-corrected chi connectivity index (χ4v) is 2.09. The van der Waals surface area contributed by atoms with E-state index in [9.17, 15) is 19.7 Å². The lowest BCUT2D eigenvalue weighted by Gasteiger charge is -2.16. The standard InChI is InChI=1S/C10H13NO9/c1-5(12)16-4-8(13)19-6-2-17-10-7(20-11(14)15)3-18-9(6)10/h6-7,9-10H,2-4H2,1H3/t6-,7?,9+,10+/m0/s1. The van der Waals surface area contributed by atoms with Crippen LogP contribution < -0.4 is 0 Å². The van der Waals surface area contributed by atoms with Crippen LogP contribution in [0, 0.1) is 10.1 Å². The molecule has 0 aromatic rings. The third kappa shape index (κ3) is 3.33. The molecule has 2 aliphatic heterocycles. The van der Waals surface area contributed by atoms with Crippen molar-refractivity contribution in [1.29, 1.82) is 0 Å². The molecule has 0 N–H and O–H groups in total. The summed E-state index contributed by atoms with van der Waals surface area (Å²) < 4.78 is 20.1. The maximum atomic E-state index is 11.4. The fraction of sp³-hybridized carbons (Fsp3) is 0.800. The molecule has 10 heteroatoms. The highest BCUT2D eigenvalue weighted by Gasteiger charge is 2.51. The predicted octanol–water partition coefficient (Wildman–Crippen LogP) is -1.16. The molecule has 0 bridgehead atoms. The normalized spacial score (nSPS) is 31.4. The van der Waals surface area contributed by atoms with Crippen LogP contribution >= 0.6 is 0 Å². The minimum absolute atomic E-state index is 0.0195. The van der Waals surface area contributed by atoms with Crippen molar-refractivity contribution in [2.45, 2.75) is 31.3 Å². The lowest BCUT2D eigenvalue weighted by atomic mass is 10.1. The Balaban J connectivity index is 1.83. The van der Waals surface area contributed by atoms with Crippen molar-refractivity contribution >= 4 is 11.9 Å². The Hall–Kier alpha value is -1.94. The van der Waals surface area contributed by atoms with Crippen molar-refractivity contribution in [3.05, 3.63) is 10.1 Å². The zero-order chi connectivity index (χ0) is 14.7. The first kappa shape index (κ1) is 14.5. The maximum Gasteiger partial charge on any atom is 0.344 e. The zero-order valence-electron chi connectivity index (χ0n) is 10.6. The Labute approximate surface area is 113 Å². The van der Waals surface area contributed by atoms with Gasteiger partial charge in [-0.1, -0.05) is 0 Å². The average Bonchev–Trinajstić information content (AvgIpc) is 2.91. The second-order valence-electron chi connectivity index (χ2n) is 4.27. The van der Waals surface area contributed by atoms with E-state index in [1.807, 2.05) is 0 Å². The first-order valence-electron chi connectivity index (χ1n) is 5.84. The number of carbonyl (C=O) groups excluding carboxylic acids is 2. The number of nitrogens with zero attached hydrogens (tertiary/aromatic N) is 1. The SMILES string of the molecule is CC(=O)OCC(=O)O[C@H]1CO[C@@H]2C(O[N+](=O)[O-])CO[C@H]12. The van der Waals surface area contributed by atoms with Crippen LogP contribution in [-0.2, 0) is 33.4 Å². The monoisotopic (exact) mass is 291 g/mol. The van der Waals surface area contributed by atoms with Crippen molar-refractivity contribution in [3.8, 4) is 0 Å². The minimum Gasteiger partial charge on any atom is -0.454 e. The Bertz CT molecular complexity index is 412. The zero-order valence-corrected chi connectivity index (χ0v) is 10.6. The second kappa shape index (κ2) is 6.01. The van der Waals surface area contributed by atoms with Gasteiger partial charge in [0.15, 0.2) is 18.8 Å². The third-order valence-electron chi connectivity index (χ3n) is 2.86. The molecule has 0 aromatic heterocycles. The Morgan fingerprint density at radius 3 is 2.45 bits per heavy atom. The van der Waals surface area contributed by atoms with Crippen LogP contribution in [0.3, 0.4) is 0 Å². The molecule has 2 saturated heterocycles. The predicted molar refractivity (Wildman–Crippen MR) is 57.9 cm³/mol. The molecule has 4 atom stereocenters. The van der Waals surface area contributed by atoms with Crippen LogP contribution in [0.25, 0.3) is 0 Å². The molecule has 2 fully saturated rings. The first-order valence-corrected chi connectivity index (χ1v) is 5.84. The number of hydrogen-bond acceptors (Lipinski definition) is 9. The van der Waals surface area contributed by atoms with E-state index in [2.05, 4.69) is 9.57 Å². The van der Waals surface area contributed by atoms with Crippen molar-refractivity contribution in [1.82, 2.24) is 0 Å². The van der Waals surface area contributed by atoms with Gasteiger partial charge < -0.3 is 23.8 Å². The van der Waals surface area contributed by atoms with Gasteiger partial charge >= 0.3 is 11.9 Å². The highest BCUT2D eigenvalue weighted by atomic mass is 17.0. The van der Waals surface area contributed by atoms with E-state index >= 15 is 0 Å². The van der Waals surface area contributed by atoms with Gasteiger partial charge in [0.25, 0.3) is 5.09 Å². The molecule has 0 saturated carbocycles. The van der Waals surface area contributed by atoms with E-state index in [0.29, 0.717) is 0 Å². The summed E-state index contributed by atoms with van der Waals surface area (Å²) in [4.78, 5) is 36.7. The van der Waals surface area contributed by atoms with Crippen molar-refractivity contribution in [3.63, 3.8) is 0 Å². The number of carbonyl (C=O) groups is 2. The summed E-state index contributed by atoms with van der Waals surface area (Å²) in [5.74, 6) is -1.34. The van der Waals surface area contributed by atoms with Crippen LogP contribution in [0.2, 0.25) is 0 Å². The number of esters is 2. The molecule has 0 aliphatic carbocycles. The molecule has 0 radical (unpaired) electrons. The summed E-state index contributed by atoms with van der Waals surface area (Å²) in [6, 6.07) is 0. The smallest absolute Gasteiger partial charge is 0.344 e. The van der Waals surface area contributed by atoms with E-state index < -0.39 is 48.0 Å². The quantitative estimate of drug-likeness (QED) is 0.350. The molecule has 1 unspecified atom stereocenters. The molecule has 0 aromatic carbocycles. The van der Waals surface area contributed by atoms with E-state index in [4.69, 9.17) is 14.2 Å². The van der Waals surface area contributed by atoms with Crippen molar-refractivity contribution in [2.24, 2.45) is 0 Å². The maximum absolute atomic E-state index is 11.4. The number of hydrogen-bond donors (Lipinski definition) is 0. The molecule has 112 valence electrons. The van der Waals surface area contributed by atoms with E-state index in [-0.39, 0.29) is 13.2 Å². The van der Waals surface area contributed by atoms with E-state index in [1.165, 1.54) is 6.92 Å². The fourth-order valence-electron chi connectivity index (χ4n) is 2.09. The first-order chi connectivity index (χ1) is 9.47. The molecule has 20 heavy (non-hydrogen) atoms. The molecule has 2 rings (SSSR count). The van der Waals surface area contributed by atoms with Gasteiger partial charge in [0.1, 0.15) is 12.2 Å². The number of rotatable bonds is 5. The third-order valence-corrected chi connectivity index (χ3v) is 2.86. The molecule has 0 amide bonds. The van der Waals surface area contributed by atoms with Gasteiger partial charge in [-0.3, -0.25) is 4.79 Å². The van der Waals surface area contributed by atoms with Crippen LogP contribution in [0.4, 0.5) is 0 Å². The summed E-state index contributed by atoms with van der Waals surface area (Å²) in [5.41, 5.74) is 0. The van der Waals surface area contributed by atoms with E-state index in [1.54, 1.807) is 0 Å². The van der Waals surface area contributed by atoms with Gasteiger partial charge in [0, 0.05) is 6.92 Å². The van der Waals surface area contributed by atoms with Crippen LogP contribution in [0.5, 0.6) is 0 Å². The molecular formula is C10H13NO9.